The zero-order chi connectivity index (χ0) is 13.7. The Hall–Kier alpha value is -1.40. The van der Waals surface area contributed by atoms with Gasteiger partial charge in [0.2, 0.25) is 5.91 Å². The predicted molar refractivity (Wildman–Crippen MR) is 70.5 cm³/mol. The fourth-order valence-electron chi connectivity index (χ4n) is 1.39. The molecule has 0 aliphatic rings. The van der Waals surface area contributed by atoms with E-state index in [1.807, 2.05) is 0 Å². The molecule has 0 aliphatic heterocycles. The maximum absolute atomic E-state index is 12.1. The Bertz CT molecular complexity index is 416. The Morgan fingerprint density at radius 1 is 1.37 bits per heavy atom. The fourth-order valence-corrected chi connectivity index (χ4v) is 1.39. The van der Waals surface area contributed by atoms with E-state index in [0.29, 0.717) is 5.56 Å². The Balaban J connectivity index is 0.00000324. The lowest BCUT2D eigenvalue weighted by Gasteiger charge is -2.16. The van der Waals surface area contributed by atoms with Gasteiger partial charge in [0.05, 0.1) is 12.1 Å². The zero-order valence-electron chi connectivity index (χ0n) is 10.6. The molecule has 1 unspecified atom stereocenters. The van der Waals surface area contributed by atoms with E-state index in [2.05, 4.69) is 10.1 Å². The average Bonchev–Trinajstić information content (AvgIpc) is 2.28. The largest absolute Gasteiger partial charge is 0.435 e. The van der Waals surface area contributed by atoms with Gasteiger partial charge in [-0.3, -0.25) is 4.79 Å². The van der Waals surface area contributed by atoms with Gasteiger partial charge in [-0.1, -0.05) is 12.1 Å². The van der Waals surface area contributed by atoms with Crippen molar-refractivity contribution < 1.29 is 18.3 Å². The third-order valence-electron chi connectivity index (χ3n) is 2.36. The number of alkyl halides is 2. The summed E-state index contributed by atoms with van der Waals surface area (Å²) in [6.45, 7) is 0.439. The number of benzene rings is 1. The summed E-state index contributed by atoms with van der Waals surface area (Å²) in [5, 5.41) is 2.67. The number of amides is 1. The number of nitrogens with two attached hydrogens (primary N) is 1. The summed E-state index contributed by atoms with van der Waals surface area (Å²) >= 11 is 0. The molecule has 3 N–H and O–H groups in total. The quantitative estimate of drug-likeness (QED) is 0.875. The van der Waals surface area contributed by atoms with Gasteiger partial charge in [0.1, 0.15) is 5.75 Å². The molecule has 1 aromatic carbocycles. The van der Waals surface area contributed by atoms with E-state index in [0.717, 1.165) is 0 Å². The van der Waals surface area contributed by atoms with Crippen molar-refractivity contribution in [1.82, 2.24) is 5.32 Å². The molecule has 0 radical (unpaired) electrons. The lowest BCUT2D eigenvalue weighted by molar-refractivity contribution is -0.122. The third kappa shape index (κ3) is 5.85. The molecule has 0 saturated carbocycles. The number of rotatable bonds is 5. The van der Waals surface area contributed by atoms with Crippen LogP contribution in [-0.2, 0) is 4.79 Å². The summed E-state index contributed by atoms with van der Waals surface area (Å²) in [6, 6.07) is 5.23. The first kappa shape index (κ1) is 17.6. The molecule has 19 heavy (non-hydrogen) atoms. The minimum atomic E-state index is -2.87. The molecule has 4 nitrogen and oxygen atoms in total. The third-order valence-corrected chi connectivity index (χ3v) is 2.36. The van der Waals surface area contributed by atoms with Crippen LogP contribution in [0.1, 0.15) is 25.5 Å². The number of carbonyl (C=O) groups excluding carboxylic acids is 1. The maximum Gasteiger partial charge on any atom is 0.387 e. The van der Waals surface area contributed by atoms with Gasteiger partial charge in [-0.2, -0.15) is 8.78 Å². The van der Waals surface area contributed by atoms with Gasteiger partial charge in [-0.25, -0.2) is 0 Å². The van der Waals surface area contributed by atoms with E-state index in [9.17, 15) is 13.6 Å². The van der Waals surface area contributed by atoms with E-state index in [-0.39, 0.29) is 30.1 Å². The number of hydrogen-bond acceptors (Lipinski definition) is 3. The highest BCUT2D eigenvalue weighted by molar-refractivity contribution is 5.85. The second kappa shape index (κ2) is 7.91. The van der Waals surface area contributed by atoms with Gasteiger partial charge in [0.25, 0.3) is 0 Å². The summed E-state index contributed by atoms with van der Waals surface area (Å²) in [5.74, 6) is -0.243. The number of nitrogens with one attached hydrogen (secondary N) is 1. The van der Waals surface area contributed by atoms with Crippen molar-refractivity contribution in [1.29, 1.82) is 0 Å². The van der Waals surface area contributed by atoms with E-state index < -0.39 is 12.7 Å². The molecule has 0 bridgehead atoms. The highest BCUT2D eigenvalue weighted by Gasteiger charge is 2.13. The van der Waals surface area contributed by atoms with Gasteiger partial charge in [-0.15, -0.1) is 12.4 Å². The average molecular weight is 295 g/mol. The molecule has 0 aliphatic carbocycles. The van der Waals surface area contributed by atoms with Crippen LogP contribution < -0.4 is 15.8 Å². The lowest BCUT2D eigenvalue weighted by atomic mass is 10.1. The Morgan fingerprint density at radius 3 is 2.53 bits per heavy atom. The van der Waals surface area contributed by atoms with Gasteiger partial charge in [0.15, 0.2) is 0 Å². The van der Waals surface area contributed by atoms with Gasteiger partial charge in [0, 0.05) is 0 Å². The number of hydrogen-bond donors (Lipinski definition) is 2. The molecule has 108 valence electrons. The highest BCUT2D eigenvalue weighted by atomic mass is 35.5. The standard InChI is InChI=1S/C12H16F2N2O2.ClH/c1-7(15)11(17)16-8(2)9-4-3-5-10(6-9)18-12(13)14;/h3-8,12H,15H2,1-2H3,(H,16,17);1H/t7-,8?;/m1./s1. The van der Waals surface area contributed by atoms with Gasteiger partial charge < -0.3 is 15.8 Å². The SMILES string of the molecule is CC(NC(=O)[C@@H](C)N)c1cccc(OC(F)F)c1.Cl. The summed E-state index contributed by atoms with van der Waals surface area (Å²) < 4.78 is 28.4. The Labute approximate surface area is 116 Å². The molecule has 0 spiro atoms. The van der Waals surface area contributed by atoms with Crippen molar-refractivity contribution in [3.63, 3.8) is 0 Å². The minimum Gasteiger partial charge on any atom is -0.435 e. The van der Waals surface area contributed by atoms with Crippen LogP contribution in [0.15, 0.2) is 24.3 Å². The second-order valence-electron chi connectivity index (χ2n) is 3.97. The Morgan fingerprint density at radius 2 is 2.00 bits per heavy atom. The van der Waals surface area contributed by atoms with Crippen LogP contribution in [0.5, 0.6) is 5.75 Å². The number of carbonyl (C=O) groups is 1. The molecular formula is C12H17ClF2N2O2. The minimum absolute atomic E-state index is 0. The van der Waals surface area contributed by atoms with Crippen LogP contribution in [-0.4, -0.2) is 18.6 Å². The lowest BCUT2D eigenvalue weighted by Crippen LogP contribution is -2.39. The summed E-state index contributed by atoms with van der Waals surface area (Å²) in [7, 11) is 0. The van der Waals surface area contributed by atoms with Crippen molar-refractivity contribution in [2.45, 2.75) is 32.5 Å². The van der Waals surface area contributed by atoms with Gasteiger partial charge in [-0.05, 0) is 31.5 Å². The van der Waals surface area contributed by atoms with Crippen LogP contribution in [0.3, 0.4) is 0 Å². The second-order valence-corrected chi connectivity index (χ2v) is 3.97. The molecule has 0 fully saturated rings. The first-order valence-corrected chi connectivity index (χ1v) is 5.51. The summed E-state index contributed by atoms with van der Waals surface area (Å²) in [4.78, 5) is 11.4. The molecule has 1 amide bonds. The van der Waals surface area contributed by atoms with Crippen molar-refractivity contribution in [2.75, 3.05) is 0 Å². The molecule has 1 aromatic rings. The number of halogens is 3. The van der Waals surface area contributed by atoms with E-state index in [1.165, 1.54) is 12.1 Å². The maximum atomic E-state index is 12.1. The molecule has 7 heteroatoms. The number of ether oxygens (including phenoxy) is 1. The normalized spacial score (nSPS) is 13.4. The van der Waals surface area contributed by atoms with Crippen LogP contribution in [0.25, 0.3) is 0 Å². The molecule has 0 aromatic heterocycles. The van der Waals surface area contributed by atoms with E-state index in [4.69, 9.17) is 5.73 Å². The molecular weight excluding hydrogens is 278 g/mol. The smallest absolute Gasteiger partial charge is 0.387 e. The molecule has 0 heterocycles. The Kier molecular flexibility index (Phi) is 7.33. The van der Waals surface area contributed by atoms with Crippen LogP contribution in [0.2, 0.25) is 0 Å². The monoisotopic (exact) mass is 294 g/mol. The topological polar surface area (TPSA) is 64.4 Å². The predicted octanol–water partition coefficient (Wildman–Crippen LogP) is 2.23. The summed E-state index contributed by atoms with van der Waals surface area (Å²) in [6.07, 6.45) is 0. The first-order valence-electron chi connectivity index (χ1n) is 5.51. The van der Waals surface area contributed by atoms with Crippen LogP contribution >= 0.6 is 12.4 Å². The van der Waals surface area contributed by atoms with Crippen molar-refractivity contribution in [2.24, 2.45) is 5.73 Å². The van der Waals surface area contributed by atoms with E-state index in [1.54, 1.807) is 26.0 Å². The molecule has 1 rings (SSSR count). The van der Waals surface area contributed by atoms with Crippen molar-refractivity contribution in [3.8, 4) is 5.75 Å². The molecule has 2 atom stereocenters. The fraction of sp³-hybridized carbons (Fsp3) is 0.417. The van der Waals surface area contributed by atoms with Gasteiger partial charge >= 0.3 is 6.61 Å². The molecule has 0 saturated heterocycles. The van der Waals surface area contributed by atoms with Crippen molar-refractivity contribution in [3.05, 3.63) is 29.8 Å². The van der Waals surface area contributed by atoms with Crippen LogP contribution in [0, 0.1) is 0 Å². The van der Waals surface area contributed by atoms with Crippen LogP contribution in [0.4, 0.5) is 8.78 Å². The van der Waals surface area contributed by atoms with Crippen molar-refractivity contribution >= 4 is 18.3 Å². The first-order chi connectivity index (χ1) is 8.40. The summed E-state index contributed by atoms with van der Waals surface area (Å²) in [5.41, 5.74) is 6.09. The highest BCUT2D eigenvalue weighted by Crippen LogP contribution is 2.20. The van der Waals surface area contributed by atoms with E-state index >= 15 is 0 Å². The zero-order valence-corrected chi connectivity index (χ0v) is 11.4.